The van der Waals surface area contributed by atoms with Crippen LogP contribution in [-0.4, -0.2) is 30.4 Å². The van der Waals surface area contributed by atoms with E-state index in [4.69, 9.17) is 32.7 Å². The van der Waals surface area contributed by atoms with Gasteiger partial charge in [-0.25, -0.2) is 14.5 Å². The third-order valence-corrected chi connectivity index (χ3v) is 6.20. The zero-order chi connectivity index (χ0) is 26.7. The number of barbiturate groups is 1. The summed E-state index contributed by atoms with van der Waals surface area (Å²) in [6.07, 6.45) is 1.32. The second kappa shape index (κ2) is 11.2. The maximum Gasteiger partial charge on any atom is 0.345 e. The Balaban J connectivity index is 1.64. The lowest BCUT2D eigenvalue weighted by Crippen LogP contribution is -2.54. The standard InChI is InChI=1S/C26H17BrCl2N2O6/c1-2-36-22-12-14(3-10-21(22)37-25(34)18-9-6-16(28)13-20(18)29)11-19-23(32)30-26(35)31(24(19)33)17-7-4-15(27)5-8-17/h3-13H,2H2,1H3,(H,30,32,35)/b19-11+. The van der Waals surface area contributed by atoms with Gasteiger partial charge in [0, 0.05) is 9.50 Å². The molecule has 0 spiro atoms. The lowest BCUT2D eigenvalue weighted by Gasteiger charge is -2.26. The summed E-state index contributed by atoms with van der Waals surface area (Å²) in [7, 11) is 0. The summed E-state index contributed by atoms with van der Waals surface area (Å²) in [6, 6.07) is 14.5. The average Bonchev–Trinajstić information content (AvgIpc) is 2.84. The van der Waals surface area contributed by atoms with Crippen molar-refractivity contribution < 1.29 is 28.7 Å². The lowest BCUT2D eigenvalue weighted by atomic mass is 10.1. The molecule has 11 heteroatoms. The van der Waals surface area contributed by atoms with Crippen LogP contribution in [0.5, 0.6) is 11.5 Å². The summed E-state index contributed by atoms with van der Waals surface area (Å²) in [4.78, 5) is 51.5. The highest BCUT2D eigenvalue weighted by Crippen LogP contribution is 2.32. The van der Waals surface area contributed by atoms with Crippen LogP contribution in [0.25, 0.3) is 6.08 Å². The molecule has 1 fully saturated rings. The maximum absolute atomic E-state index is 13.1. The van der Waals surface area contributed by atoms with Crippen molar-refractivity contribution in [1.82, 2.24) is 5.32 Å². The number of carbonyl (C=O) groups excluding carboxylic acids is 4. The molecule has 0 aliphatic carbocycles. The Bertz CT molecular complexity index is 1460. The van der Waals surface area contributed by atoms with Gasteiger partial charge in [0.15, 0.2) is 11.5 Å². The predicted molar refractivity (Wildman–Crippen MR) is 142 cm³/mol. The van der Waals surface area contributed by atoms with Crippen molar-refractivity contribution in [2.24, 2.45) is 0 Å². The summed E-state index contributed by atoms with van der Waals surface area (Å²) in [5, 5.41) is 2.67. The molecule has 8 nitrogen and oxygen atoms in total. The molecule has 3 aromatic rings. The number of nitrogens with zero attached hydrogens (tertiary/aromatic N) is 1. The van der Waals surface area contributed by atoms with Gasteiger partial charge in [-0.1, -0.05) is 45.2 Å². The highest BCUT2D eigenvalue weighted by atomic mass is 79.9. The van der Waals surface area contributed by atoms with Crippen molar-refractivity contribution in [3.63, 3.8) is 0 Å². The largest absolute Gasteiger partial charge is 0.490 e. The van der Waals surface area contributed by atoms with E-state index in [0.717, 1.165) is 9.37 Å². The van der Waals surface area contributed by atoms with Crippen molar-refractivity contribution in [3.8, 4) is 11.5 Å². The number of urea groups is 1. The first-order valence-electron chi connectivity index (χ1n) is 10.8. The predicted octanol–water partition coefficient (Wildman–Crippen LogP) is 6.04. The molecule has 4 amide bonds. The number of esters is 1. The van der Waals surface area contributed by atoms with Crippen LogP contribution in [0.15, 0.2) is 70.7 Å². The summed E-state index contributed by atoms with van der Waals surface area (Å²) < 4.78 is 11.8. The van der Waals surface area contributed by atoms with Crippen molar-refractivity contribution in [2.45, 2.75) is 6.92 Å². The summed E-state index contributed by atoms with van der Waals surface area (Å²) in [5.74, 6) is -2.05. The fourth-order valence-electron chi connectivity index (χ4n) is 3.43. The van der Waals surface area contributed by atoms with Crippen LogP contribution in [0.3, 0.4) is 0 Å². The number of halogens is 3. The first-order chi connectivity index (χ1) is 17.7. The Labute approximate surface area is 229 Å². The van der Waals surface area contributed by atoms with Crippen molar-refractivity contribution >= 4 is 74.7 Å². The number of imide groups is 2. The van der Waals surface area contributed by atoms with Crippen LogP contribution in [0.1, 0.15) is 22.8 Å². The Morgan fingerprint density at radius 1 is 1.00 bits per heavy atom. The molecule has 0 aromatic heterocycles. The molecular formula is C26H17BrCl2N2O6. The highest BCUT2D eigenvalue weighted by Gasteiger charge is 2.36. The van der Waals surface area contributed by atoms with Crippen LogP contribution in [0.4, 0.5) is 10.5 Å². The monoisotopic (exact) mass is 602 g/mol. The summed E-state index contributed by atoms with van der Waals surface area (Å²) >= 11 is 15.3. The van der Waals surface area contributed by atoms with E-state index in [2.05, 4.69) is 21.2 Å². The van der Waals surface area contributed by atoms with Gasteiger partial charge in [0.2, 0.25) is 0 Å². The van der Waals surface area contributed by atoms with Gasteiger partial charge in [-0.15, -0.1) is 0 Å². The summed E-state index contributed by atoms with van der Waals surface area (Å²) in [6.45, 7) is 1.99. The molecule has 1 heterocycles. The lowest BCUT2D eigenvalue weighted by molar-refractivity contribution is -0.122. The van der Waals surface area contributed by atoms with Gasteiger partial charge in [-0.05, 0) is 73.2 Å². The van der Waals surface area contributed by atoms with Crippen LogP contribution in [-0.2, 0) is 9.59 Å². The van der Waals surface area contributed by atoms with Crippen LogP contribution < -0.4 is 19.7 Å². The molecule has 4 rings (SSSR count). The number of hydrogen-bond acceptors (Lipinski definition) is 6. The topological polar surface area (TPSA) is 102 Å². The van der Waals surface area contributed by atoms with Gasteiger partial charge in [0.25, 0.3) is 11.8 Å². The Morgan fingerprint density at radius 2 is 1.73 bits per heavy atom. The van der Waals surface area contributed by atoms with E-state index in [1.807, 2.05) is 0 Å². The summed E-state index contributed by atoms with van der Waals surface area (Å²) in [5.41, 5.74) is 0.545. The molecule has 37 heavy (non-hydrogen) atoms. The molecule has 0 atom stereocenters. The Morgan fingerprint density at radius 3 is 2.41 bits per heavy atom. The first-order valence-corrected chi connectivity index (χ1v) is 12.3. The second-order valence-electron chi connectivity index (χ2n) is 7.59. The molecule has 1 aliphatic rings. The number of hydrogen-bond donors (Lipinski definition) is 1. The third kappa shape index (κ3) is 5.85. The molecular weight excluding hydrogens is 587 g/mol. The molecule has 188 valence electrons. The smallest absolute Gasteiger partial charge is 0.345 e. The zero-order valence-electron chi connectivity index (χ0n) is 19.1. The number of amides is 4. The van der Waals surface area contributed by atoms with Gasteiger partial charge in [0.1, 0.15) is 5.57 Å². The Kier molecular flexibility index (Phi) is 7.97. The molecule has 0 radical (unpaired) electrons. The quantitative estimate of drug-likeness (QED) is 0.159. The molecule has 1 N–H and O–H groups in total. The van der Waals surface area contributed by atoms with Gasteiger partial charge >= 0.3 is 12.0 Å². The van der Waals surface area contributed by atoms with Gasteiger partial charge in [-0.3, -0.25) is 14.9 Å². The van der Waals surface area contributed by atoms with E-state index in [1.54, 1.807) is 31.2 Å². The van der Waals surface area contributed by atoms with Gasteiger partial charge in [0.05, 0.1) is 22.9 Å². The number of nitrogens with one attached hydrogen (secondary N) is 1. The molecule has 0 saturated carbocycles. The fourth-order valence-corrected chi connectivity index (χ4v) is 4.18. The number of benzene rings is 3. The molecule has 3 aromatic carbocycles. The normalized spacial score (nSPS) is 14.5. The molecule has 0 bridgehead atoms. The number of anilines is 1. The minimum atomic E-state index is -0.854. The van der Waals surface area contributed by atoms with E-state index >= 15 is 0 Å². The maximum atomic E-state index is 13.1. The zero-order valence-corrected chi connectivity index (χ0v) is 22.2. The number of carbonyl (C=O) groups is 4. The molecule has 1 aliphatic heterocycles. The first kappa shape index (κ1) is 26.4. The van der Waals surface area contributed by atoms with E-state index in [-0.39, 0.29) is 34.3 Å². The van der Waals surface area contributed by atoms with E-state index < -0.39 is 23.8 Å². The van der Waals surface area contributed by atoms with Crippen LogP contribution >= 0.6 is 39.1 Å². The van der Waals surface area contributed by atoms with Gasteiger partial charge < -0.3 is 9.47 Å². The Hall–Kier alpha value is -3.66. The van der Waals surface area contributed by atoms with Crippen LogP contribution in [0.2, 0.25) is 10.0 Å². The highest BCUT2D eigenvalue weighted by molar-refractivity contribution is 9.10. The van der Waals surface area contributed by atoms with E-state index in [9.17, 15) is 19.2 Å². The SMILES string of the molecule is CCOc1cc(/C=C2\C(=O)NC(=O)N(c3ccc(Br)cc3)C2=O)ccc1OC(=O)c1ccc(Cl)cc1Cl. The molecule has 0 unspecified atom stereocenters. The second-order valence-corrected chi connectivity index (χ2v) is 9.35. The van der Waals surface area contributed by atoms with Gasteiger partial charge in [-0.2, -0.15) is 0 Å². The van der Waals surface area contributed by atoms with E-state index in [1.165, 1.54) is 42.5 Å². The fraction of sp³-hybridized carbons (Fsp3) is 0.0769. The van der Waals surface area contributed by atoms with Crippen molar-refractivity contribution in [2.75, 3.05) is 11.5 Å². The van der Waals surface area contributed by atoms with Crippen LogP contribution in [0, 0.1) is 0 Å². The third-order valence-electron chi connectivity index (χ3n) is 5.12. The van der Waals surface area contributed by atoms with E-state index in [0.29, 0.717) is 16.3 Å². The van der Waals surface area contributed by atoms with Crippen molar-refractivity contribution in [3.05, 3.63) is 91.9 Å². The molecule has 1 saturated heterocycles. The minimum Gasteiger partial charge on any atom is -0.490 e. The van der Waals surface area contributed by atoms with Crippen molar-refractivity contribution in [1.29, 1.82) is 0 Å². The number of ether oxygens (including phenoxy) is 2. The minimum absolute atomic E-state index is 0.103. The average molecular weight is 604 g/mol. The number of rotatable bonds is 6.